The van der Waals surface area contributed by atoms with Crippen molar-refractivity contribution in [1.82, 2.24) is 20.5 Å². The number of carbonyl (C=O) groups is 1. The van der Waals surface area contributed by atoms with E-state index < -0.39 is 0 Å². The summed E-state index contributed by atoms with van der Waals surface area (Å²) in [5.74, 6) is 1.95. The van der Waals surface area contributed by atoms with Crippen LogP contribution >= 0.6 is 11.8 Å². The second kappa shape index (κ2) is 8.19. The molecule has 130 valence electrons. The van der Waals surface area contributed by atoms with Crippen molar-refractivity contribution in [3.8, 4) is 5.75 Å². The average Bonchev–Trinajstić information content (AvgIpc) is 3.03. The predicted molar refractivity (Wildman–Crippen MR) is 95.5 cm³/mol. The number of nitrogens with zero attached hydrogens (tertiary/aromatic N) is 2. The summed E-state index contributed by atoms with van der Waals surface area (Å²) in [6, 6.07) is 7.84. The number of thioether (sulfide) groups is 1. The number of rotatable bonds is 7. The van der Waals surface area contributed by atoms with Gasteiger partial charge in [0, 0.05) is 12.0 Å². The number of ether oxygens (including phenoxy) is 1. The van der Waals surface area contributed by atoms with E-state index in [0.29, 0.717) is 17.5 Å². The number of aromatic amines is 1. The van der Waals surface area contributed by atoms with Gasteiger partial charge in [-0.25, -0.2) is 4.98 Å². The van der Waals surface area contributed by atoms with Crippen molar-refractivity contribution in [2.75, 3.05) is 19.4 Å². The van der Waals surface area contributed by atoms with Crippen LogP contribution in [0.1, 0.15) is 32.2 Å². The number of aromatic nitrogens is 3. The summed E-state index contributed by atoms with van der Waals surface area (Å²) < 4.78 is 5.12. The van der Waals surface area contributed by atoms with Crippen molar-refractivity contribution in [2.45, 2.75) is 37.8 Å². The van der Waals surface area contributed by atoms with Crippen LogP contribution in [0.3, 0.4) is 0 Å². The molecule has 0 saturated heterocycles. The normalized spacial score (nSPS) is 11.3. The van der Waals surface area contributed by atoms with E-state index >= 15 is 0 Å². The Morgan fingerprint density at radius 3 is 2.58 bits per heavy atom. The van der Waals surface area contributed by atoms with Gasteiger partial charge in [-0.2, -0.15) is 0 Å². The monoisotopic (exact) mass is 348 g/mol. The van der Waals surface area contributed by atoms with Gasteiger partial charge in [0.2, 0.25) is 11.1 Å². The van der Waals surface area contributed by atoms with Crippen molar-refractivity contribution < 1.29 is 9.53 Å². The largest absolute Gasteiger partial charge is 0.497 e. The minimum absolute atomic E-state index is 0.0179. The van der Waals surface area contributed by atoms with E-state index in [-0.39, 0.29) is 11.3 Å². The van der Waals surface area contributed by atoms with Crippen LogP contribution < -0.4 is 10.1 Å². The number of carbonyl (C=O) groups excluding carboxylic acids is 1. The molecule has 2 rings (SSSR count). The van der Waals surface area contributed by atoms with Crippen LogP contribution in [0.25, 0.3) is 0 Å². The first-order valence-corrected chi connectivity index (χ1v) is 8.82. The van der Waals surface area contributed by atoms with E-state index in [0.717, 1.165) is 23.6 Å². The molecule has 0 spiro atoms. The topological polar surface area (TPSA) is 79.9 Å². The second-order valence-corrected chi connectivity index (χ2v) is 7.40. The standard InChI is InChI=1S/C17H24N4O2S/c1-17(2,3)15-19-16(21-20-15)24-11-14(22)18-10-9-12-5-7-13(23-4)8-6-12/h5-8H,9-11H2,1-4H3,(H,18,22)(H,19,20,21). The molecule has 0 bridgehead atoms. The Morgan fingerprint density at radius 2 is 2.00 bits per heavy atom. The second-order valence-electron chi connectivity index (χ2n) is 6.45. The maximum atomic E-state index is 11.9. The van der Waals surface area contributed by atoms with Crippen molar-refractivity contribution >= 4 is 17.7 Å². The fraction of sp³-hybridized carbons (Fsp3) is 0.471. The number of hydrogen-bond donors (Lipinski definition) is 2. The van der Waals surface area contributed by atoms with Crippen molar-refractivity contribution in [1.29, 1.82) is 0 Å². The SMILES string of the molecule is COc1ccc(CCNC(=O)CSc2n[nH]c(C(C)(C)C)n2)cc1. The lowest BCUT2D eigenvalue weighted by Crippen LogP contribution is -2.27. The summed E-state index contributed by atoms with van der Waals surface area (Å²) in [7, 11) is 1.64. The molecular formula is C17H24N4O2S. The molecule has 0 fully saturated rings. The summed E-state index contributed by atoms with van der Waals surface area (Å²) in [5, 5.41) is 10.6. The molecule has 1 amide bonds. The molecule has 0 atom stereocenters. The molecule has 7 heteroatoms. The van der Waals surface area contributed by atoms with E-state index in [4.69, 9.17) is 4.74 Å². The zero-order chi connectivity index (χ0) is 17.6. The Hall–Kier alpha value is -2.02. The van der Waals surface area contributed by atoms with Gasteiger partial charge in [0.25, 0.3) is 0 Å². The molecule has 0 aliphatic rings. The Balaban J connectivity index is 1.70. The van der Waals surface area contributed by atoms with Crippen LogP contribution in [-0.4, -0.2) is 40.5 Å². The third kappa shape index (κ3) is 5.56. The zero-order valence-corrected chi connectivity index (χ0v) is 15.4. The van der Waals surface area contributed by atoms with Gasteiger partial charge in [-0.3, -0.25) is 9.89 Å². The summed E-state index contributed by atoms with van der Waals surface area (Å²) in [6.07, 6.45) is 0.787. The van der Waals surface area contributed by atoms with Crippen molar-refractivity contribution in [2.24, 2.45) is 0 Å². The molecule has 1 aromatic heterocycles. The highest BCUT2D eigenvalue weighted by atomic mass is 32.2. The van der Waals surface area contributed by atoms with E-state index in [1.165, 1.54) is 11.8 Å². The summed E-state index contributed by atoms with van der Waals surface area (Å²) in [4.78, 5) is 16.3. The molecule has 0 radical (unpaired) electrons. The van der Waals surface area contributed by atoms with E-state index in [1.54, 1.807) is 7.11 Å². The van der Waals surface area contributed by atoms with Gasteiger partial charge in [0.15, 0.2) is 0 Å². The molecule has 0 aliphatic carbocycles. The minimum atomic E-state index is -0.0770. The minimum Gasteiger partial charge on any atom is -0.497 e. The van der Waals surface area contributed by atoms with E-state index in [1.807, 2.05) is 24.3 Å². The summed E-state index contributed by atoms with van der Waals surface area (Å²) >= 11 is 1.33. The Bertz CT molecular complexity index is 662. The average molecular weight is 348 g/mol. The van der Waals surface area contributed by atoms with Gasteiger partial charge in [-0.1, -0.05) is 44.7 Å². The molecule has 0 aliphatic heterocycles. The lowest BCUT2D eigenvalue weighted by Gasteiger charge is -2.12. The van der Waals surface area contributed by atoms with E-state index in [9.17, 15) is 4.79 Å². The van der Waals surface area contributed by atoms with Gasteiger partial charge in [0.1, 0.15) is 11.6 Å². The molecule has 1 heterocycles. The van der Waals surface area contributed by atoms with Crippen molar-refractivity contribution in [3.63, 3.8) is 0 Å². The van der Waals surface area contributed by atoms with Crippen LogP contribution in [0.5, 0.6) is 5.75 Å². The lowest BCUT2D eigenvalue weighted by atomic mass is 9.96. The smallest absolute Gasteiger partial charge is 0.230 e. The number of hydrogen-bond acceptors (Lipinski definition) is 5. The zero-order valence-electron chi connectivity index (χ0n) is 14.5. The molecule has 2 aromatic rings. The number of amides is 1. The van der Waals surface area contributed by atoms with Crippen molar-refractivity contribution in [3.05, 3.63) is 35.7 Å². The quantitative estimate of drug-likeness (QED) is 0.752. The first kappa shape index (κ1) is 18.3. The highest BCUT2D eigenvalue weighted by Crippen LogP contribution is 2.20. The third-order valence-electron chi connectivity index (χ3n) is 3.40. The van der Waals surface area contributed by atoms with E-state index in [2.05, 4.69) is 41.3 Å². The maximum absolute atomic E-state index is 11.9. The number of methoxy groups -OCH3 is 1. The van der Waals surface area contributed by atoms with Gasteiger partial charge in [-0.15, -0.1) is 5.10 Å². The van der Waals surface area contributed by atoms with Gasteiger partial charge in [0.05, 0.1) is 12.9 Å². The number of benzene rings is 1. The van der Waals surface area contributed by atoms with Crippen LogP contribution in [0.4, 0.5) is 0 Å². The lowest BCUT2D eigenvalue weighted by molar-refractivity contribution is -0.118. The fourth-order valence-electron chi connectivity index (χ4n) is 1.97. The molecule has 0 saturated carbocycles. The van der Waals surface area contributed by atoms with Gasteiger partial charge in [-0.05, 0) is 24.1 Å². The van der Waals surface area contributed by atoms with Gasteiger partial charge >= 0.3 is 0 Å². The Kier molecular flexibility index (Phi) is 6.25. The fourth-order valence-corrected chi connectivity index (χ4v) is 2.59. The Morgan fingerprint density at radius 1 is 1.29 bits per heavy atom. The highest BCUT2D eigenvalue weighted by Gasteiger charge is 2.19. The van der Waals surface area contributed by atoms with Gasteiger partial charge < -0.3 is 10.1 Å². The number of H-pyrrole nitrogens is 1. The number of nitrogens with one attached hydrogen (secondary N) is 2. The molecule has 0 unspecified atom stereocenters. The van der Waals surface area contributed by atoms with Crippen LogP contribution in [0.2, 0.25) is 0 Å². The van der Waals surface area contributed by atoms with Crippen LogP contribution in [0.15, 0.2) is 29.4 Å². The predicted octanol–water partition coefficient (Wildman–Crippen LogP) is 2.56. The molecule has 2 N–H and O–H groups in total. The molecule has 1 aromatic carbocycles. The Labute approximate surface area is 146 Å². The molecule has 6 nitrogen and oxygen atoms in total. The van der Waals surface area contributed by atoms with Crippen LogP contribution in [-0.2, 0) is 16.6 Å². The molecule has 24 heavy (non-hydrogen) atoms. The summed E-state index contributed by atoms with van der Waals surface area (Å²) in [5.41, 5.74) is 1.08. The maximum Gasteiger partial charge on any atom is 0.230 e. The third-order valence-corrected chi connectivity index (χ3v) is 4.25. The first-order valence-electron chi connectivity index (χ1n) is 7.84. The molecular weight excluding hydrogens is 324 g/mol. The van der Waals surface area contributed by atoms with Crippen LogP contribution in [0, 0.1) is 0 Å². The summed E-state index contributed by atoms with van der Waals surface area (Å²) in [6.45, 7) is 6.79. The highest BCUT2D eigenvalue weighted by molar-refractivity contribution is 7.99. The first-order chi connectivity index (χ1) is 11.4.